The summed E-state index contributed by atoms with van der Waals surface area (Å²) in [6.45, 7) is 10.3. The molecule has 2 aromatic rings. The van der Waals surface area contributed by atoms with Crippen molar-refractivity contribution < 1.29 is 23.1 Å². The van der Waals surface area contributed by atoms with Crippen molar-refractivity contribution in [2.45, 2.75) is 78.4 Å². The van der Waals surface area contributed by atoms with Gasteiger partial charge in [-0.15, -0.1) is 0 Å². The summed E-state index contributed by atoms with van der Waals surface area (Å²) in [5.41, 5.74) is 8.27. The molecule has 2 atom stereocenters. The molecule has 0 spiro atoms. The SMILES string of the molecule is CCCCCNCC(OC(=O)c1cc(C)cc(C(=O)N(CCC)CCC)c1)C(N)Cc1cc(F)cc(F)c1. The van der Waals surface area contributed by atoms with Gasteiger partial charge in [-0.1, -0.05) is 33.6 Å². The molecule has 0 heterocycles. The predicted octanol–water partition coefficient (Wildman–Crippen LogP) is 5.41. The molecule has 2 rings (SSSR count). The average Bonchev–Trinajstić information content (AvgIpc) is 2.86. The summed E-state index contributed by atoms with van der Waals surface area (Å²) in [4.78, 5) is 28.2. The van der Waals surface area contributed by atoms with Crippen LogP contribution in [-0.4, -0.2) is 55.1 Å². The standard InChI is InChI=1S/C30H43F2N3O3/c1-5-8-9-10-34-20-28(27(33)17-22-15-25(31)19-26(32)16-22)38-30(37)24-14-21(4)13-23(18-24)29(36)35(11-6-2)12-7-3/h13-16,18-19,27-28,34H,5-12,17,20,33H2,1-4H3. The van der Waals surface area contributed by atoms with Crippen molar-refractivity contribution in [2.24, 2.45) is 5.73 Å². The van der Waals surface area contributed by atoms with Crippen LogP contribution in [0.25, 0.3) is 0 Å². The third kappa shape index (κ3) is 10.1. The number of aryl methyl sites for hydroxylation is 1. The van der Waals surface area contributed by atoms with Gasteiger partial charge in [0, 0.05) is 37.3 Å². The topological polar surface area (TPSA) is 84.7 Å². The maximum Gasteiger partial charge on any atom is 0.338 e. The third-order valence-electron chi connectivity index (χ3n) is 6.27. The highest BCUT2D eigenvalue weighted by Gasteiger charge is 2.25. The Bertz CT molecular complexity index is 1020. The number of ether oxygens (including phenoxy) is 1. The lowest BCUT2D eigenvalue weighted by molar-refractivity contribution is 0.0239. The van der Waals surface area contributed by atoms with Crippen molar-refractivity contribution >= 4 is 11.9 Å². The van der Waals surface area contributed by atoms with E-state index in [0.717, 1.165) is 50.3 Å². The molecule has 0 saturated carbocycles. The van der Waals surface area contributed by atoms with Crippen molar-refractivity contribution in [3.63, 3.8) is 0 Å². The zero-order valence-corrected chi connectivity index (χ0v) is 23.2. The Hall–Kier alpha value is -2.84. The Kier molecular flexibility index (Phi) is 13.4. The zero-order chi connectivity index (χ0) is 28.1. The van der Waals surface area contributed by atoms with Crippen LogP contribution in [0.2, 0.25) is 0 Å². The Morgan fingerprint density at radius 2 is 1.55 bits per heavy atom. The van der Waals surface area contributed by atoms with Gasteiger partial charge in [0.05, 0.1) is 5.56 Å². The van der Waals surface area contributed by atoms with Crippen LogP contribution < -0.4 is 11.1 Å². The number of amides is 1. The van der Waals surface area contributed by atoms with Crippen molar-refractivity contribution in [3.05, 3.63) is 70.3 Å². The van der Waals surface area contributed by atoms with Crippen LogP contribution in [0.15, 0.2) is 36.4 Å². The number of hydrogen-bond donors (Lipinski definition) is 2. The first-order valence-electron chi connectivity index (χ1n) is 13.7. The van der Waals surface area contributed by atoms with Gasteiger partial charge >= 0.3 is 5.97 Å². The maximum absolute atomic E-state index is 13.7. The van der Waals surface area contributed by atoms with Crippen molar-refractivity contribution in [3.8, 4) is 0 Å². The zero-order valence-electron chi connectivity index (χ0n) is 23.2. The largest absolute Gasteiger partial charge is 0.456 e. The normalized spacial score (nSPS) is 12.7. The summed E-state index contributed by atoms with van der Waals surface area (Å²) in [5.74, 6) is -2.09. The van der Waals surface area contributed by atoms with Crippen LogP contribution in [0.4, 0.5) is 8.78 Å². The van der Waals surface area contributed by atoms with E-state index in [9.17, 15) is 18.4 Å². The summed E-state index contributed by atoms with van der Waals surface area (Å²) in [5, 5.41) is 3.28. The number of carbonyl (C=O) groups is 2. The molecule has 0 aliphatic carbocycles. The molecule has 0 aliphatic heterocycles. The van der Waals surface area contributed by atoms with Gasteiger partial charge in [0.15, 0.2) is 0 Å². The van der Waals surface area contributed by atoms with E-state index in [2.05, 4.69) is 12.2 Å². The molecule has 0 saturated heterocycles. The minimum Gasteiger partial charge on any atom is -0.456 e. The fourth-order valence-corrected chi connectivity index (χ4v) is 4.42. The number of nitrogens with zero attached hydrogens (tertiary/aromatic N) is 1. The quantitative estimate of drug-likeness (QED) is 0.224. The van der Waals surface area contributed by atoms with Gasteiger partial charge < -0.3 is 20.7 Å². The predicted molar refractivity (Wildman–Crippen MR) is 147 cm³/mol. The fraction of sp³-hybridized carbons (Fsp3) is 0.533. The number of hydrogen-bond acceptors (Lipinski definition) is 5. The average molecular weight is 532 g/mol. The summed E-state index contributed by atoms with van der Waals surface area (Å²) >= 11 is 0. The molecule has 6 nitrogen and oxygen atoms in total. The highest BCUT2D eigenvalue weighted by molar-refractivity contribution is 5.98. The van der Waals surface area contributed by atoms with E-state index in [1.165, 1.54) is 12.1 Å². The third-order valence-corrected chi connectivity index (χ3v) is 6.27. The fourth-order valence-electron chi connectivity index (χ4n) is 4.42. The first-order valence-corrected chi connectivity index (χ1v) is 13.7. The molecular formula is C30H43F2N3O3. The van der Waals surface area contributed by atoms with Crippen LogP contribution in [0.3, 0.4) is 0 Å². The number of unbranched alkanes of at least 4 members (excludes halogenated alkanes) is 2. The van der Waals surface area contributed by atoms with E-state index < -0.39 is 29.7 Å². The second-order valence-corrected chi connectivity index (χ2v) is 9.88. The second-order valence-electron chi connectivity index (χ2n) is 9.88. The Morgan fingerprint density at radius 1 is 0.921 bits per heavy atom. The molecule has 0 fully saturated rings. The van der Waals surface area contributed by atoms with Crippen molar-refractivity contribution in [1.29, 1.82) is 0 Å². The molecule has 0 radical (unpaired) electrons. The second kappa shape index (κ2) is 16.2. The molecule has 0 aliphatic rings. The highest BCUT2D eigenvalue weighted by Crippen LogP contribution is 2.17. The first-order chi connectivity index (χ1) is 18.2. The molecular weight excluding hydrogens is 488 g/mol. The Labute approximate surface area is 225 Å². The molecule has 210 valence electrons. The number of benzene rings is 2. The van der Waals surface area contributed by atoms with Gasteiger partial charge in [-0.05, 0) is 80.6 Å². The van der Waals surface area contributed by atoms with E-state index in [0.29, 0.717) is 30.8 Å². The molecule has 38 heavy (non-hydrogen) atoms. The summed E-state index contributed by atoms with van der Waals surface area (Å²) in [6.07, 6.45) is 4.18. The van der Waals surface area contributed by atoms with E-state index in [1.54, 1.807) is 23.1 Å². The number of carbonyl (C=O) groups excluding carboxylic acids is 2. The van der Waals surface area contributed by atoms with Gasteiger partial charge in [0.2, 0.25) is 0 Å². The number of nitrogens with one attached hydrogen (secondary N) is 1. The lowest BCUT2D eigenvalue weighted by atomic mass is 10.0. The summed E-state index contributed by atoms with van der Waals surface area (Å²) in [6, 6.07) is 7.59. The van der Waals surface area contributed by atoms with Gasteiger partial charge in [-0.2, -0.15) is 0 Å². The van der Waals surface area contributed by atoms with E-state index in [-0.39, 0.29) is 17.9 Å². The summed E-state index contributed by atoms with van der Waals surface area (Å²) in [7, 11) is 0. The number of rotatable bonds is 16. The van der Waals surface area contributed by atoms with Gasteiger partial charge in [0.1, 0.15) is 17.7 Å². The molecule has 2 aromatic carbocycles. The van der Waals surface area contributed by atoms with Crippen molar-refractivity contribution in [1.82, 2.24) is 10.2 Å². The van der Waals surface area contributed by atoms with Gasteiger partial charge in [-0.25, -0.2) is 13.6 Å². The molecule has 0 bridgehead atoms. The first kappa shape index (κ1) is 31.4. The van der Waals surface area contributed by atoms with Gasteiger partial charge in [0.25, 0.3) is 5.91 Å². The van der Waals surface area contributed by atoms with Crippen LogP contribution >= 0.6 is 0 Å². The smallest absolute Gasteiger partial charge is 0.338 e. The number of halogens is 2. The highest BCUT2D eigenvalue weighted by atomic mass is 19.1. The molecule has 0 aromatic heterocycles. The molecule has 3 N–H and O–H groups in total. The summed E-state index contributed by atoms with van der Waals surface area (Å²) < 4.78 is 33.3. The minimum absolute atomic E-state index is 0.120. The van der Waals surface area contributed by atoms with Crippen LogP contribution in [0.1, 0.15) is 84.7 Å². The lowest BCUT2D eigenvalue weighted by Gasteiger charge is -2.25. The Morgan fingerprint density at radius 3 is 2.16 bits per heavy atom. The monoisotopic (exact) mass is 531 g/mol. The van der Waals surface area contributed by atoms with E-state index in [1.807, 2.05) is 20.8 Å². The van der Waals surface area contributed by atoms with Crippen LogP contribution in [-0.2, 0) is 11.2 Å². The molecule has 8 heteroatoms. The lowest BCUT2D eigenvalue weighted by Crippen LogP contribution is -2.46. The van der Waals surface area contributed by atoms with Crippen LogP contribution in [0, 0.1) is 18.6 Å². The number of esters is 1. The van der Waals surface area contributed by atoms with E-state index in [4.69, 9.17) is 10.5 Å². The van der Waals surface area contributed by atoms with E-state index >= 15 is 0 Å². The molecule has 1 amide bonds. The maximum atomic E-state index is 13.7. The van der Waals surface area contributed by atoms with Crippen LogP contribution in [0.5, 0.6) is 0 Å². The Balaban J connectivity index is 2.23. The van der Waals surface area contributed by atoms with Crippen molar-refractivity contribution in [2.75, 3.05) is 26.2 Å². The van der Waals surface area contributed by atoms with Gasteiger partial charge in [-0.3, -0.25) is 4.79 Å². The number of nitrogens with two attached hydrogens (primary N) is 1. The molecule has 2 unspecified atom stereocenters. The minimum atomic E-state index is -0.744.